The number of hydrogen-bond donors (Lipinski definition) is 0. The van der Waals surface area contributed by atoms with Crippen LogP contribution in [0.3, 0.4) is 0 Å². The fourth-order valence-electron chi connectivity index (χ4n) is 1.62. The summed E-state index contributed by atoms with van der Waals surface area (Å²) in [4.78, 5) is 10.3. The molecule has 0 amide bonds. The largest absolute Gasteiger partial charge is 0.375 e. The van der Waals surface area contributed by atoms with Crippen LogP contribution in [0.4, 0.5) is 5.69 Å². The molecule has 2 aromatic rings. The van der Waals surface area contributed by atoms with Crippen LogP contribution >= 0.6 is 0 Å². The van der Waals surface area contributed by atoms with Crippen molar-refractivity contribution in [3.8, 4) is 5.75 Å². The molecule has 0 bridgehead atoms. The highest BCUT2D eigenvalue weighted by molar-refractivity contribution is 7.86. The molecule has 2 rings (SSSR count). The van der Waals surface area contributed by atoms with E-state index >= 15 is 0 Å². The van der Waals surface area contributed by atoms with E-state index in [-0.39, 0.29) is 5.75 Å². The molecular formula is C11H11N3O5S. The molecule has 0 N–H and O–H groups in total. The summed E-state index contributed by atoms with van der Waals surface area (Å²) in [5, 5.41) is 15.0. The van der Waals surface area contributed by atoms with Crippen molar-refractivity contribution in [2.24, 2.45) is 0 Å². The highest BCUT2D eigenvalue weighted by atomic mass is 32.2. The first-order valence-electron chi connectivity index (χ1n) is 5.49. The van der Waals surface area contributed by atoms with E-state index in [9.17, 15) is 18.5 Å². The standard InChI is InChI=1S/C11H11N3O5S/c1-20(17,18)19-11-4-3-9(7-10(11)14(15)16)8-13-6-2-5-12-13/h2-7H,8H2,1H3. The van der Waals surface area contributed by atoms with Gasteiger partial charge in [0.15, 0.2) is 0 Å². The maximum atomic E-state index is 11.1. The Kier molecular flexibility index (Phi) is 3.70. The van der Waals surface area contributed by atoms with Crippen LogP contribution in [-0.2, 0) is 16.7 Å². The molecule has 0 atom stereocenters. The fraction of sp³-hybridized carbons (Fsp3) is 0.182. The number of nitro groups is 1. The number of hydrogen-bond acceptors (Lipinski definition) is 6. The Balaban J connectivity index is 2.34. The van der Waals surface area contributed by atoms with E-state index in [1.54, 1.807) is 29.2 Å². The van der Waals surface area contributed by atoms with Crippen molar-refractivity contribution in [1.29, 1.82) is 0 Å². The van der Waals surface area contributed by atoms with E-state index in [1.807, 2.05) is 0 Å². The Morgan fingerprint density at radius 3 is 2.75 bits per heavy atom. The topological polar surface area (TPSA) is 104 Å². The average Bonchev–Trinajstić information content (AvgIpc) is 2.81. The Hall–Kier alpha value is -2.42. The van der Waals surface area contributed by atoms with Gasteiger partial charge in [-0.05, 0) is 17.7 Å². The third-order valence-corrected chi connectivity index (χ3v) is 2.85. The van der Waals surface area contributed by atoms with Crippen LogP contribution < -0.4 is 4.18 Å². The number of nitrogens with zero attached hydrogens (tertiary/aromatic N) is 3. The van der Waals surface area contributed by atoms with Gasteiger partial charge in [-0.3, -0.25) is 14.8 Å². The van der Waals surface area contributed by atoms with Crippen molar-refractivity contribution in [3.63, 3.8) is 0 Å². The van der Waals surface area contributed by atoms with Crippen LogP contribution in [0.2, 0.25) is 0 Å². The first-order chi connectivity index (χ1) is 9.35. The first kappa shape index (κ1) is 14.0. The molecule has 20 heavy (non-hydrogen) atoms. The minimum Gasteiger partial charge on any atom is -0.375 e. The van der Waals surface area contributed by atoms with E-state index in [0.29, 0.717) is 12.1 Å². The molecule has 0 radical (unpaired) electrons. The molecule has 0 saturated heterocycles. The predicted molar refractivity (Wildman–Crippen MR) is 69.9 cm³/mol. The lowest BCUT2D eigenvalue weighted by Gasteiger charge is -2.06. The van der Waals surface area contributed by atoms with Crippen molar-refractivity contribution in [1.82, 2.24) is 9.78 Å². The Bertz CT molecular complexity index is 725. The smallest absolute Gasteiger partial charge is 0.313 e. The van der Waals surface area contributed by atoms with Crippen LogP contribution in [0.15, 0.2) is 36.7 Å². The lowest BCUT2D eigenvalue weighted by molar-refractivity contribution is -0.385. The average molecular weight is 297 g/mol. The normalized spacial score (nSPS) is 11.2. The van der Waals surface area contributed by atoms with Crippen LogP contribution in [0, 0.1) is 10.1 Å². The SMILES string of the molecule is CS(=O)(=O)Oc1ccc(Cn2cccn2)cc1[N+](=O)[O-]. The van der Waals surface area contributed by atoms with Crippen LogP contribution in [0.1, 0.15) is 5.56 Å². The van der Waals surface area contributed by atoms with Crippen LogP contribution in [-0.4, -0.2) is 29.4 Å². The fourth-order valence-corrected chi connectivity index (χ4v) is 2.09. The van der Waals surface area contributed by atoms with Gasteiger partial charge in [0, 0.05) is 18.5 Å². The van der Waals surface area contributed by atoms with E-state index in [2.05, 4.69) is 9.28 Å². The van der Waals surface area contributed by atoms with Gasteiger partial charge in [-0.25, -0.2) is 0 Å². The zero-order valence-corrected chi connectivity index (χ0v) is 11.3. The maximum Gasteiger partial charge on any atom is 0.313 e. The van der Waals surface area contributed by atoms with Crippen LogP contribution in [0.5, 0.6) is 5.75 Å². The van der Waals surface area contributed by atoms with Gasteiger partial charge in [0.05, 0.1) is 17.7 Å². The molecule has 1 aromatic carbocycles. The summed E-state index contributed by atoms with van der Waals surface area (Å²) >= 11 is 0. The Morgan fingerprint density at radius 1 is 1.45 bits per heavy atom. The van der Waals surface area contributed by atoms with Gasteiger partial charge in [-0.2, -0.15) is 13.5 Å². The summed E-state index contributed by atoms with van der Waals surface area (Å²) < 4.78 is 28.3. The molecule has 0 spiro atoms. The lowest BCUT2D eigenvalue weighted by Crippen LogP contribution is -2.08. The Labute approximate surface area is 114 Å². The second-order valence-electron chi connectivity index (χ2n) is 4.05. The highest BCUT2D eigenvalue weighted by Gasteiger charge is 2.19. The number of benzene rings is 1. The molecule has 0 saturated carbocycles. The first-order valence-corrected chi connectivity index (χ1v) is 7.31. The van der Waals surface area contributed by atoms with Crippen molar-refractivity contribution in [3.05, 3.63) is 52.3 Å². The molecule has 1 aromatic heterocycles. The van der Waals surface area contributed by atoms with E-state index in [4.69, 9.17) is 0 Å². The van der Waals surface area contributed by atoms with Gasteiger partial charge >= 0.3 is 15.8 Å². The maximum absolute atomic E-state index is 11.1. The van der Waals surface area contributed by atoms with Gasteiger partial charge < -0.3 is 4.18 Å². The van der Waals surface area contributed by atoms with Gasteiger partial charge in [0.25, 0.3) is 0 Å². The molecule has 0 fully saturated rings. The summed E-state index contributed by atoms with van der Waals surface area (Å²) in [6.45, 7) is 0.340. The van der Waals surface area contributed by atoms with Gasteiger partial charge in [0.2, 0.25) is 5.75 Å². The molecule has 1 heterocycles. The quantitative estimate of drug-likeness (QED) is 0.466. The van der Waals surface area contributed by atoms with Gasteiger partial charge in [0.1, 0.15) is 0 Å². The van der Waals surface area contributed by atoms with Crippen molar-refractivity contribution >= 4 is 15.8 Å². The molecule has 0 aliphatic heterocycles. The molecule has 0 unspecified atom stereocenters. The molecule has 0 aliphatic carbocycles. The zero-order chi connectivity index (χ0) is 14.8. The Morgan fingerprint density at radius 2 is 2.20 bits per heavy atom. The molecular weight excluding hydrogens is 286 g/mol. The highest BCUT2D eigenvalue weighted by Crippen LogP contribution is 2.29. The van der Waals surface area contributed by atoms with Crippen molar-refractivity contribution in [2.75, 3.05) is 6.26 Å². The van der Waals surface area contributed by atoms with E-state index in [0.717, 1.165) is 6.26 Å². The minimum absolute atomic E-state index is 0.304. The van der Waals surface area contributed by atoms with Crippen molar-refractivity contribution < 1.29 is 17.5 Å². The zero-order valence-electron chi connectivity index (χ0n) is 10.5. The van der Waals surface area contributed by atoms with Crippen LogP contribution in [0.25, 0.3) is 0 Å². The molecule has 0 aliphatic rings. The molecule has 9 heteroatoms. The minimum atomic E-state index is -3.82. The summed E-state index contributed by atoms with van der Waals surface area (Å²) in [6.07, 6.45) is 4.14. The number of rotatable bonds is 5. The molecule has 8 nitrogen and oxygen atoms in total. The van der Waals surface area contributed by atoms with E-state index < -0.39 is 20.7 Å². The number of aromatic nitrogens is 2. The summed E-state index contributed by atoms with van der Waals surface area (Å²) in [5.74, 6) is -0.304. The summed E-state index contributed by atoms with van der Waals surface area (Å²) in [7, 11) is -3.82. The summed E-state index contributed by atoms with van der Waals surface area (Å²) in [6, 6.07) is 5.81. The van der Waals surface area contributed by atoms with E-state index in [1.165, 1.54) is 12.1 Å². The lowest BCUT2D eigenvalue weighted by atomic mass is 10.2. The summed E-state index contributed by atoms with van der Waals surface area (Å²) in [5.41, 5.74) is 0.210. The van der Waals surface area contributed by atoms with Gasteiger partial charge in [-0.1, -0.05) is 6.07 Å². The molecule has 106 valence electrons. The second-order valence-corrected chi connectivity index (χ2v) is 5.63. The third kappa shape index (κ3) is 3.54. The third-order valence-electron chi connectivity index (χ3n) is 2.36. The second kappa shape index (κ2) is 5.29. The number of nitro benzene ring substituents is 1. The predicted octanol–water partition coefficient (Wildman–Crippen LogP) is 1.18. The van der Waals surface area contributed by atoms with Gasteiger partial charge in [-0.15, -0.1) is 0 Å². The monoisotopic (exact) mass is 297 g/mol. The van der Waals surface area contributed by atoms with Crippen molar-refractivity contribution in [2.45, 2.75) is 6.54 Å².